The first-order valence-electron chi connectivity index (χ1n) is 10.1. The molecule has 1 atom stereocenters. The molecule has 3 N–H and O–H groups in total. The van der Waals surface area contributed by atoms with Gasteiger partial charge in [-0.2, -0.15) is 0 Å². The van der Waals surface area contributed by atoms with Gasteiger partial charge in [0.15, 0.2) is 0 Å². The minimum Gasteiger partial charge on any atom is -0.481 e. The van der Waals surface area contributed by atoms with Gasteiger partial charge in [0.2, 0.25) is 0 Å². The summed E-state index contributed by atoms with van der Waals surface area (Å²) < 4.78 is 0. The Morgan fingerprint density at radius 1 is 1.00 bits per heavy atom. The molecular formula is C22H35NO5. The molecule has 1 saturated carbocycles. The van der Waals surface area contributed by atoms with Crippen LogP contribution in [0.4, 0.5) is 0 Å². The van der Waals surface area contributed by atoms with E-state index in [9.17, 15) is 14.7 Å². The van der Waals surface area contributed by atoms with Gasteiger partial charge in [0.1, 0.15) is 0 Å². The Hall–Kier alpha value is -1.92. The summed E-state index contributed by atoms with van der Waals surface area (Å²) in [5, 5.41) is 26.9. The van der Waals surface area contributed by atoms with Crippen molar-refractivity contribution in [1.29, 1.82) is 0 Å². The van der Waals surface area contributed by atoms with Crippen molar-refractivity contribution in [3.05, 3.63) is 35.4 Å². The van der Waals surface area contributed by atoms with E-state index < -0.39 is 17.5 Å². The number of carboxylic acids is 2. The SMILES string of the molecule is CCc1ccc(C(CN(C)C)C2(O)CCCCC2)cc1.O=C(O)CCC(=O)O. The summed E-state index contributed by atoms with van der Waals surface area (Å²) in [4.78, 5) is 21.5. The summed E-state index contributed by atoms with van der Waals surface area (Å²) >= 11 is 0. The number of hydrogen-bond donors (Lipinski definition) is 3. The number of rotatable bonds is 8. The second-order valence-electron chi connectivity index (χ2n) is 7.86. The number of aliphatic hydroxyl groups is 1. The molecule has 158 valence electrons. The molecule has 1 aliphatic carbocycles. The minimum atomic E-state index is -1.08. The fourth-order valence-electron chi connectivity index (χ4n) is 3.66. The molecule has 1 aliphatic rings. The van der Waals surface area contributed by atoms with Gasteiger partial charge in [-0.05, 0) is 44.5 Å². The lowest BCUT2D eigenvalue weighted by atomic mass is 9.72. The lowest BCUT2D eigenvalue weighted by molar-refractivity contribution is -0.143. The predicted octanol–water partition coefficient (Wildman–Crippen LogP) is 3.53. The number of carbonyl (C=O) groups is 2. The third-order valence-corrected chi connectivity index (χ3v) is 5.26. The van der Waals surface area contributed by atoms with Crippen molar-refractivity contribution in [3.63, 3.8) is 0 Å². The molecule has 0 bridgehead atoms. The van der Waals surface area contributed by atoms with Crippen LogP contribution in [-0.2, 0) is 16.0 Å². The van der Waals surface area contributed by atoms with Gasteiger partial charge in [0.25, 0.3) is 0 Å². The zero-order chi connectivity index (χ0) is 21.2. The maximum atomic E-state index is 11.1. The highest BCUT2D eigenvalue weighted by molar-refractivity contribution is 5.75. The van der Waals surface area contributed by atoms with Crippen LogP contribution in [0.15, 0.2) is 24.3 Å². The minimum absolute atomic E-state index is 0.226. The Bertz CT molecular complexity index is 592. The molecule has 6 heteroatoms. The topological polar surface area (TPSA) is 98.1 Å². The number of carboxylic acid groups (broad SMARTS) is 2. The molecule has 6 nitrogen and oxygen atoms in total. The Morgan fingerprint density at radius 3 is 1.89 bits per heavy atom. The zero-order valence-electron chi connectivity index (χ0n) is 17.4. The number of hydrogen-bond acceptors (Lipinski definition) is 4. The van der Waals surface area contributed by atoms with E-state index in [4.69, 9.17) is 10.2 Å². The molecule has 1 fully saturated rings. The molecule has 1 aromatic carbocycles. The maximum absolute atomic E-state index is 11.1. The smallest absolute Gasteiger partial charge is 0.303 e. The first-order chi connectivity index (χ1) is 13.2. The van der Waals surface area contributed by atoms with Gasteiger partial charge in [-0.3, -0.25) is 9.59 Å². The lowest BCUT2D eigenvalue weighted by Crippen LogP contribution is -2.42. The van der Waals surface area contributed by atoms with Gasteiger partial charge in [0, 0.05) is 12.5 Å². The molecule has 0 heterocycles. The Kier molecular flexibility index (Phi) is 10.2. The van der Waals surface area contributed by atoms with Gasteiger partial charge >= 0.3 is 11.9 Å². The monoisotopic (exact) mass is 393 g/mol. The van der Waals surface area contributed by atoms with E-state index in [1.165, 1.54) is 17.5 Å². The zero-order valence-corrected chi connectivity index (χ0v) is 17.4. The average molecular weight is 394 g/mol. The van der Waals surface area contributed by atoms with Crippen molar-refractivity contribution in [3.8, 4) is 0 Å². The molecule has 2 rings (SSSR count). The van der Waals surface area contributed by atoms with Crippen molar-refractivity contribution in [2.24, 2.45) is 0 Å². The first-order valence-corrected chi connectivity index (χ1v) is 10.1. The van der Waals surface area contributed by atoms with Crippen molar-refractivity contribution < 1.29 is 24.9 Å². The summed E-state index contributed by atoms with van der Waals surface area (Å²) in [5.41, 5.74) is 2.14. The van der Waals surface area contributed by atoms with Crippen LogP contribution in [0, 0.1) is 0 Å². The van der Waals surface area contributed by atoms with Crippen molar-refractivity contribution in [2.45, 2.75) is 69.8 Å². The van der Waals surface area contributed by atoms with E-state index in [1.807, 2.05) is 0 Å². The molecule has 0 saturated heterocycles. The second kappa shape index (κ2) is 11.8. The predicted molar refractivity (Wildman–Crippen MR) is 110 cm³/mol. The number of aryl methyl sites for hydroxylation is 1. The van der Waals surface area contributed by atoms with Crippen LogP contribution >= 0.6 is 0 Å². The first kappa shape index (κ1) is 24.1. The van der Waals surface area contributed by atoms with Crippen LogP contribution in [0.2, 0.25) is 0 Å². The molecule has 1 unspecified atom stereocenters. The second-order valence-corrected chi connectivity index (χ2v) is 7.86. The highest BCUT2D eigenvalue weighted by Crippen LogP contribution is 2.40. The molecular weight excluding hydrogens is 358 g/mol. The van der Waals surface area contributed by atoms with Crippen LogP contribution < -0.4 is 0 Å². The van der Waals surface area contributed by atoms with Crippen LogP contribution in [0.25, 0.3) is 0 Å². The van der Waals surface area contributed by atoms with E-state index in [1.54, 1.807) is 0 Å². The number of aliphatic carboxylic acids is 2. The quantitative estimate of drug-likeness (QED) is 0.625. The lowest BCUT2D eigenvalue weighted by Gasteiger charge is -2.41. The van der Waals surface area contributed by atoms with E-state index in [2.05, 4.69) is 50.2 Å². The van der Waals surface area contributed by atoms with Crippen LogP contribution in [0.1, 0.15) is 68.9 Å². The molecule has 28 heavy (non-hydrogen) atoms. The van der Waals surface area contributed by atoms with Gasteiger partial charge in [0.05, 0.1) is 18.4 Å². The van der Waals surface area contributed by atoms with Crippen molar-refractivity contribution >= 4 is 11.9 Å². The number of nitrogens with zero attached hydrogens (tertiary/aromatic N) is 1. The van der Waals surface area contributed by atoms with Crippen LogP contribution in [-0.4, -0.2) is 58.4 Å². The Morgan fingerprint density at radius 2 is 1.50 bits per heavy atom. The third kappa shape index (κ3) is 8.40. The van der Waals surface area contributed by atoms with Crippen LogP contribution in [0.5, 0.6) is 0 Å². The van der Waals surface area contributed by atoms with Gasteiger partial charge in [-0.1, -0.05) is 50.5 Å². The van der Waals surface area contributed by atoms with E-state index in [0.717, 1.165) is 38.6 Å². The molecule has 0 radical (unpaired) electrons. The molecule has 0 aliphatic heterocycles. The Balaban J connectivity index is 0.000000416. The summed E-state index contributed by atoms with van der Waals surface area (Å²) in [6, 6.07) is 8.87. The summed E-state index contributed by atoms with van der Waals surface area (Å²) in [7, 11) is 4.19. The van der Waals surface area contributed by atoms with Crippen molar-refractivity contribution in [1.82, 2.24) is 4.90 Å². The highest BCUT2D eigenvalue weighted by atomic mass is 16.4. The van der Waals surface area contributed by atoms with E-state index in [-0.39, 0.29) is 18.8 Å². The maximum Gasteiger partial charge on any atom is 0.303 e. The van der Waals surface area contributed by atoms with Crippen LogP contribution in [0.3, 0.4) is 0 Å². The normalized spacial score (nSPS) is 16.8. The number of benzene rings is 1. The van der Waals surface area contributed by atoms with E-state index >= 15 is 0 Å². The van der Waals surface area contributed by atoms with Gasteiger partial charge < -0.3 is 20.2 Å². The van der Waals surface area contributed by atoms with Crippen molar-refractivity contribution in [2.75, 3.05) is 20.6 Å². The summed E-state index contributed by atoms with van der Waals surface area (Å²) in [5.74, 6) is -1.93. The fourth-order valence-corrected chi connectivity index (χ4v) is 3.66. The largest absolute Gasteiger partial charge is 0.481 e. The highest BCUT2D eigenvalue weighted by Gasteiger charge is 2.38. The van der Waals surface area contributed by atoms with E-state index in [0.29, 0.717) is 0 Å². The van der Waals surface area contributed by atoms with Gasteiger partial charge in [-0.15, -0.1) is 0 Å². The standard InChI is InChI=1S/C18H29NO.C4H6O4/c1-4-15-8-10-16(11-9-15)17(14-19(2)3)18(20)12-6-5-7-13-18;5-3(6)1-2-4(7)8/h8-11,17,20H,4-7,12-14H2,1-3H3;1-2H2,(H,5,6)(H,7,8). The fraction of sp³-hybridized carbons (Fsp3) is 0.636. The molecule has 1 aromatic rings. The molecule has 0 aromatic heterocycles. The third-order valence-electron chi connectivity index (χ3n) is 5.26. The number of likely N-dealkylation sites (N-methyl/N-ethyl adjacent to an activating group) is 1. The average Bonchev–Trinajstić information content (AvgIpc) is 2.65. The Labute approximate surface area is 168 Å². The summed E-state index contributed by atoms with van der Waals surface area (Å²) in [6.45, 7) is 3.10. The molecule has 0 spiro atoms. The van der Waals surface area contributed by atoms with Gasteiger partial charge in [-0.25, -0.2) is 0 Å². The molecule has 0 amide bonds. The summed E-state index contributed by atoms with van der Waals surface area (Å²) in [6.07, 6.45) is 5.96.